The van der Waals surface area contributed by atoms with Gasteiger partial charge in [0.05, 0.1) is 0 Å². The number of halogens is 1. The van der Waals surface area contributed by atoms with Crippen molar-refractivity contribution in [1.29, 1.82) is 0 Å². The Labute approximate surface area is 89.6 Å². The van der Waals surface area contributed by atoms with E-state index in [1.54, 1.807) is 17.5 Å². The van der Waals surface area contributed by atoms with E-state index in [4.69, 9.17) is 0 Å². The van der Waals surface area contributed by atoms with Crippen LogP contribution in [-0.4, -0.2) is 4.98 Å². The maximum absolute atomic E-state index is 4.09. The first-order chi connectivity index (χ1) is 6.27. The first-order valence-corrected chi connectivity index (χ1v) is 5.54. The van der Waals surface area contributed by atoms with Crippen molar-refractivity contribution in [3.8, 4) is 10.4 Å². The quantitative estimate of drug-likeness (QED) is 0.752. The number of rotatable bonds is 1. The smallest absolute Gasteiger partial charge is 0.0372 e. The summed E-state index contributed by atoms with van der Waals surface area (Å²) in [6.07, 6.45) is 3.68. The molecule has 0 radical (unpaired) electrons. The standard InChI is InChI=1S/C10H8BrNS/c1-7-9(11)5-10(13-7)8-3-2-4-12-6-8/h2-6H,1H3. The maximum Gasteiger partial charge on any atom is 0.0372 e. The molecule has 0 aliphatic carbocycles. The SMILES string of the molecule is Cc1sc(-c2cccnc2)cc1Br. The third-order valence-electron chi connectivity index (χ3n) is 1.80. The zero-order valence-electron chi connectivity index (χ0n) is 7.12. The Kier molecular flexibility index (Phi) is 2.47. The van der Waals surface area contributed by atoms with Crippen molar-refractivity contribution in [2.75, 3.05) is 0 Å². The summed E-state index contributed by atoms with van der Waals surface area (Å²) in [7, 11) is 0. The van der Waals surface area contributed by atoms with E-state index in [0.717, 1.165) is 0 Å². The van der Waals surface area contributed by atoms with Gasteiger partial charge in [0.2, 0.25) is 0 Å². The van der Waals surface area contributed by atoms with Crippen molar-refractivity contribution in [3.63, 3.8) is 0 Å². The van der Waals surface area contributed by atoms with Crippen LogP contribution in [0.2, 0.25) is 0 Å². The van der Waals surface area contributed by atoms with Crippen LogP contribution in [0.15, 0.2) is 35.1 Å². The average molecular weight is 254 g/mol. The van der Waals surface area contributed by atoms with Crippen LogP contribution >= 0.6 is 27.3 Å². The Morgan fingerprint density at radius 2 is 2.31 bits per heavy atom. The van der Waals surface area contributed by atoms with Crippen LogP contribution in [-0.2, 0) is 0 Å². The van der Waals surface area contributed by atoms with Gasteiger partial charge >= 0.3 is 0 Å². The molecule has 2 heterocycles. The Bertz CT molecular complexity index is 389. The van der Waals surface area contributed by atoms with E-state index in [1.807, 2.05) is 12.3 Å². The van der Waals surface area contributed by atoms with Crippen molar-refractivity contribution in [1.82, 2.24) is 4.98 Å². The van der Waals surface area contributed by atoms with E-state index < -0.39 is 0 Å². The number of nitrogens with zero attached hydrogens (tertiary/aromatic N) is 1. The monoisotopic (exact) mass is 253 g/mol. The van der Waals surface area contributed by atoms with Gasteiger partial charge in [0, 0.05) is 32.2 Å². The van der Waals surface area contributed by atoms with E-state index >= 15 is 0 Å². The highest BCUT2D eigenvalue weighted by Gasteiger charge is 2.04. The molecule has 0 amide bonds. The highest BCUT2D eigenvalue weighted by Crippen LogP contribution is 2.33. The fourth-order valence-corrected chi connectivity index (χ4v) is 2.64. The topological polar surface area (TPSA) is 12.9 Å². The van der Waals surface area contributed by atoms with Crippen LogP contribution in [0.4, 0.5) is 0 Å². The molecule has 2 aromatic rings. The van der Waals surface area contributed by atoms with Crippen LogP contribution in [0.5, 0.6) is 0 Å². The first-order valence-electron chi connectivity index (χ1n) is 3.93. The summed E-state index contributed by atoms with van der Waals surface area (Å²) >= 11 is 5.28. The lowest BCUT2D eigenvalue weighted by Crippen LogP contribution is -1.72. The van der Waals surface area contributed by atoms with Gasteiger partial charge in [-0.05, 0) is 35.0 Å². The molecule has 13 heavy (non-hydrogen) atoms. The van der Waals surface area contributed by atoms with Crippen molar-refractivity contribution < 1.29 is 0 Å². The molecule has 0 aliphatic rings. The minimum Gasteiger partial charge on any atom is -0.264 e. The number of hydrogen-bond donors (Lipinski definition) is 0. The minimum absolute atomic E-state index is 1.18. The van der Waals surface area contributed by atoms with Crippen LogP contribution in [0, 0.1) is 6.92 Å². The highest BCUT2D eigenvalue weighted by molar-refractivity contribution is 9.10. The van der Waals surface area contributed by atoms with E-state index in [1.165, 1.54) is 19.8 Å². The zero-order valence-corrected chi connectivity index (χ0v) is 9.52. The largest absolute Gasteiger partial charge is 0.264 e. The van der Waals surface area contributed by atoms with E-state index in [9.17, 15) is 0 Å². The van der Waals surface area contributed by atoms with Crippen molar-refractivity contribution in [2.45, 2.75) is 6.92 Å². The van der Waals surface area contributed by atoms with Crippen molar-refractivity contribution in [2.24, 2.45) is 0 Å². The van der Waals surface area contributed by atoms with Gasteiger partial charge in [-0.25, -0.2) is 0 Å². The summed E-state index contributed by atoms with van der Waals surface area (Å²) in [5, 5.41) is 0. The van der Waals surface area contributed by atoms with Gasteiger partial charge in [-0.2, -0.15) is 0 Å². The second-order valence-electron chi connectivity index (χ2n) is 2.76. The summed E-state index contributed by atoms with van der Waals surface area (Å²) in [5.41, 5.74) is 1.18. The van der Waals surface area contributed by atoms with Gasteiger partial charge in [0.15, 0.2) is 0 Å². The molecular formula is C10H8BrNS. The predicted octanol–water partition coefficient (Wildman–Crippen LogP) is 3.88. The summed E-state index contributed by atoms with van der Waals surface area (Å²) < 4.78 is 1.18. The van der Waals surface area contributed by atoms with Crippen LogP contribution in [0.25, 0.3) is 10.4 Å². The van der Waals surface area contributed by atoms with Crippen LogP contribution in [0.3, 0.4) is 0 Å². The Morgan fingerprint density at radius 3 is 2.85 bits per heavy atom. The molecule has 0 aliphatic heterocycles. The lowest BCUT2D eigenvalue weighted by Gasteiger charge is -1.92. The third-order valence-corrected chi connectivity index (χ3v) is 3.99. The molecule has 0 atom stereocenters. The molecule has 0 unspecified atom stereocenters. The number of aryl methyl sites for hydroxylation is 1. The lowest BCUT2D eigenvalue weighted by molar-refractivity contribution is 1.33. The third kappa shape index (κ3) is 1.81. The molecule has 0 bridgehead atoms. The predicted molar refractivity (Wildman–Crippen MR) is 60.0 cm³/mol. The molecule has 3 heteroatoms. The fraction of sp³-hybridized carbons (Fsp3) is 0.100. The van der Waals surface area contributed by atoms with E-state index in [-0.39, 0.29) is 0 Å². The normalized spacial score (nSPS) is 10.3. The van der Waals surface area contributed by atoms with Crippen LogP contribution < -0.4 is 0 Å². The van der Waals surface area contributed by atoms with Gasteiger partial charge in [-0.3, -0.25) is 4.98 Å². The molecule has 0 spiro atoms. The Hall–Kier alpha value is -0.670. The number of hydrogen-bond acceptors (Lipinski definition) is 2. The van der Waals surface area contributed by atoms with Gasteiger partial charge in [0.1, 0.15) is 0 Å². The van der Waals surface area contributed by atoms with Gasteiger partial charge in [-0.15, -0.1) is 11.3 Å². The molecule has 66 valence electrons. The molecular weight excluding hydrogens is 246 g/mol. The second kappa shape index (κ2) is 3.60. The molecule has 0 saturated carbocycles. The first kappa shape index (κ1) is 8.91. The minimum atomic E-state index is 1.18. The molecule has 2 rings (SSSR count). The van der Waals surface area contributed by atoms with Gasteiger partial charge < -0.3 is 0 Å². The summed E-state index contributed by atoms with van der Waals surface area (Å²) in [6.45, 7) is 2.11. The van der Waals surface area contributed by atoms with Crippen molar-refractivity contribution >= 4 is 27.3 Å². The Balaban J connectivity index is 2.48. The molecule has 0 N–H and O–H groups in total. The summed E-state index contributed by atoms with van der Waals surface area (Å²) in [4.78, 5) is 6.66. The molecule has 1 nitrogen and oxygen atoms in total. The maximum atomic E-state index is 4.09. The highest BCUT2D eigenvalue weighted by atomic mass is 79.9. The van der Waals surface area contributed by atoms with E-state index in [2.05, 4.69) is 40.0 Å². The summed E-state index contributed by atoms with van der Waals surface area (Å²) in [5.74, 6) is 0. The molecule has 0 fully saturated rings. The molecule has 0 aromatic carbocycles. The lowest BCUT2D eigenvalue weighted by atomic mass is 10.2. The van der Waals surface area contributed by atoms with Crippen LogP contribution in [0.1, 0.15) is 4.88 Å². The fourth-order valence-electron chi connectivity index (χ4n) is 1.11. The van der Waals surface area contributed by atoms with Gasteiger partial charge in [0.25, 0.3) is 0 Å². The number of aromatic nitrogens is 1. The zero-order chi connectivity index (χ0) is 9.26. The van der Waals surface area contributed by atoms with Crippen molar-refractivity contribution in [3.05, 3.63) is 39.9 Å². The summed E-state index contributed by atoms with van der Waals surface area (Å²) in [6, 6.07) is 6.17. The second-order valence-corrected chi connectivity index (χ2v) is 4.87. The van der Waals surface area contributed by atoms with Gasteiger partial charge in [-0.1, -0.05) is 6.07 Å². The molecule has 2 aromatic heterocycles. The Morgan fingerprint density at radius 1 is 1.46 bits per heavy atom. The van der Waals surface area contributed by atoms with E-state index in [0.29, 0.717) is 0 Å². The number of thiophene rings is 1. The molecule has 0 saturated heterocycles. The number of pyridine rings is 1. The average Bonchev–Trinajstić information content (AvgIpc) is 2.49.